The fraction of sp³-hybridized carbons (Fsp3) is 0.588. The second kappa shape index (κ2) is 7.79. The molecule has 0 aliphatic rings. The van der Waals surface area contributed by atoms with Gasteiger partial charge in [-0.05, 0) is 49.3 Å². The van der Waals surface area contributed by atoms with Crippen LogP contribution < -0.4 is 5.32 Å². The van der Waals surface area contributed by atoms with Crippen molar-refractivity contribution in [3.63, 3.8) is 0 Å². The molecule has 0 atom stereocenters. The first-order valence-corrected chi connectivity index (χ1v) is 10.7. The zero-order valence-corrected chi connectivity index (χ0v) is 15.7. The maximum atomic E-state index is 11.6. The van der Waals surface area contributed by atoms with E-state index in [4.69, 9.17) is 9.16 Å². The molecule has 0 aromatic heterocycles. The van der Waals surface area contributed by atoms with Gasteiger partial charge in [0.2, 0.25) is 0 Å². The molecule has 5 heteroatoms. The van der Waals surface area contributed by atoms with E-state index in [-0.39, 0.29) is 11.0 Å². The summed E-state index contributed by atoms with van der Waals surface area (Å²) in [5, 5.41) is 3.54. The van der Waals surface area contributed by atoms with Gasteiger partial charge >= 0.3 is 5.97 Å². The summed E-state index contributed by atoms with van der Waals surface area (Å²) in [5.74, 6) is -0.282. The van der Waals surface area contributed by atoms with E-state index in [0.717, 1.165) is 12.2 Å². The predicted octanol–water partition coefficient (Wildman–Crippen LogP) is 4.30. The summed E-state index contributed by atoms with van der Waals surface area (Å²) < 4.78 is 11.1. The van der Waals surface area contributed by atoms with Gasteiger partial charge in [0.15, 0.2) is 8.32 Å². The zero-order valence-electron chi connectivity index (χ0n) is 14.7. The van der Waals surface area contributed by atoms with Gasteiger partial charge in [-0.3, -0.25) is 0 Å². The van der Waals surface area contributed by atoms with Crippen LogP contribution in [0.2, 0.25) is 18.1 Å². The molecule has 0 saturated heterocycles. The SMILES string of the molecule is CCOC(=O)c1ccc(NCCO[Si](C)(C)C(C)(C)C)cc1. The van der Waals surface area contributed by atoms with E-state index < -0.39 is 8.32 Å². The Morgan fingerprint density at radius 3 is 2.27 bits per heavy atom. The lowest BCUT2D eigenvalue weighted by molar-refractivity contribution is 0.0526. The van der Waals surface area contributed by atoms with Crippen molar-refractivity contribution in [2.75, 3.05) is 25.1 Å². The second-order valence-corrected chi connectivity index (χ2v) is 11.6. The van der Waals surface area contributed by atoms with Gasteiger partial charge in [0, 0.05) is 12.2 Å². The molecule has 0 saturated carbocycles. The highest BCUT2D eigenvalue weighted by Crippen LogP contribution is 2.36. The van der Waals surface area contributed by atoms with E-state index in [1.54, 1.807) is 19.1 Å². The van der Waals surface area contributed by atoms with Crippen LogP contribution in [0.4, 0.5) is 5.69 Å². The van der Waals surface area contributed by atoms with Crippen LogP contribution in [-0.4, -0.2) is 34.0 Å². The van der Waals surface area contributed by atoms with Gasteiger partial charge < -0.3 is 14.5 Å². The van der Waals surface area contributed by atoms with Gasteiger partial charge in [-0.2, -0.15) is 0 Å². The van der Waals surface area contributed by atoms with Crippen molar-refractivity contribution in [2.24, 2.45) is 0 Å². The van der Waals surface area contributed by atoms with Crippen LogP contribution in [0.3, 0.4) is 0 Å². The van der Waals surface area contributed by atoms with Crippen molar-refractivity contribution in [1.82, 2.24) is 0 Å². The molecule has 0 aliphatic carbocycles. The highest BCUT2D eigenvalue weighted by atomic mass is 28.4. The first kappa shape index (κ1) is 18.7. The maximum Gasteiger partial charge on any atom is 0.338 e. The molecule has 1 N–H and O–H groups in total. The monoisotopic (exact) mass is 323 g/mol. The number of benzene rings is 1. The van der Waals surface area contributed by atoms with Crippen LogP contribution in [0, 0.1) is 0 Å². The summed E-state index contributed by atoms with van der Waals surface area (Å²) in [6, 6.07) is 7.32. The number of ether oxygens (including phenoxy) is 1. The lowest BCUT2D eigenvalue weighted by Crippen LogP contribution is -2.41. The molecule has 0 fully saturated rings. The molecule has 4 nitrogen and oxygen atoms in total. The highest BCUT2D eigenvalue weighted by molar-refractivity contribution is 6.74. The molecule has 1 rings (SSSR count). The standard InChI is InChI=1S/C17H29NO3Si/c1-7-20-16(19)14-8-10-15(11-9-14)18-12-13-21-22(5,6)17(2,3)4/h8-11,18H,7,12-13H2,1-6H3. The van der Waals surface area contributed by atoms with E-state index in [2.05, 4.69) is 39.2 Å². The Bertz CT molecular complexity index is 478. The van der Waals surface area contributed by atoms with Crippen molar-refractivity contribution >= 4 is 20.0 Å². The third-order valence-corrected chi connectivity index (χ3v) is 8.63. The first-order chi connectivity index (χ1) is 10.2. The fourth-order valence-corrected chi connectivity index (χ4v) is 2.70. The number of hydrogen-bond acceptors (Lipinski definition) is 4. The molecule has 0 heterocycles. The summed E-state index contributed by atoms with van der Waals surface area (Å²) in [4.78, 5) is 11.6. The molecule has 1 aromatic carbocycles. The summed E-state index contributed by atoms with van der Waals surface area (Å²) in [5.41, 5.74) is 1.55. The molecule has 22 heavy (non-hydrogen) atoms. The largest absolute Gasteiger partial charge is 0.462 e. The van der Waals surface area contributed by atoms with Crippen molar-refractivity contribution in [3.8, 4) is 0 Å². The molecule has 0 spiro atoms. The highest BCUT2D eigenvalue weighted by Gasteiger charge is 2.36. The topological polar surface area (TPSA) is 47.6 Å². The zero-order chi connectivity index (χ0) is 16.8. The summed E-state index contributed by atoms with van der Waals surface area (Å²) in [7, 11) is -1.68. The van der Waals surface area contributed by atoms with E-state index in [1.807, 2.05) is 12.1 Å². The molecule has 0 amide bonds. The fourth-order valence-electron chi connectivity index (χ4n) is 1.66. The lowest BCUT2D eigenvalue weighted by Gasteiger charge is -2.36. The number of anilines is 1. The molecule has 124 valence electrons. The van der Waals surface area contributed by atoms with E-state index in [0.29, 0.717) is 18.8 Å². The Morgan fingerprint density at radius 1 is 1.18 bits per heavy atom. The quantitative estimate of drug-likeness (QED) is 0.462. The molecule has 1 aromatic rings. The average Bonchev–Trinajstić information content (AvgIpc) is 2.43. The smallest absolute Gasteiger partial charge is 0.338 e. The normalized spacial score (nSPS) is 12.1. The molecular weight excluding hydrogens is 294 g/mol. The minimum absolute atomic E-state index is 0.230. The van der Waals surface area contributed by atoms with Crippen LogP contribution in [0.1, 0.15) is 38.1 Å². The molecule has 0 radical (unpaired) electrons. The number of carbonyl (C=O) groups is 1. The number of rotatable bonds is 7. The molecule has 0 unspecified atom stereocenters. The Balaban J connectivity index is 2.42. The first-order valence-electron chi connectivity index (χ1n) is 7.82. The second-order valence-electron chi connectivity index (χ2n) is 6.83. The summed E-state index contributed by atoms with van der Waals surface area (Å²) >= 11 is 0. The van der Waals surface area contributed by atoms with Crippen molar-refractivity contribution in [2.45, 2.75) is 45.8 Å². The van der Waals surface area contributed by atoms with E-state index in [1.165, 1.54) is 0 Å². The lowest BCUT2D eigenvalue weighted by atomic mass is 10.2. The Kier molecular flexibility index (Phi) is 6.62. The third-order valence-electron chi connectivity index (χ3n) is 4.10. The minimum atomic E-state index is -1.68. The number of carbonyl (C=O) groups excluding carboxylic acids is 1. The molecular formula is C17H29NO3Si. The van der Waals surface area contributed by atoms with Crippen molar-refractivity contribution in [1.29, 1.82) is 0 Å². The van der Waals surface area contributed by atoms with E-state index >= 15 is 0 Å². The molecule has 0 bridgehead atoms. The summed E-state index contributed by atoms with van der Waals surface area (Å²) in [6.45, 7) is 14.9. The minimum Gasteiger partial charge on any atom is -0.462 e. The third kappa shape index (κ3) is 5.46. The van der Waals surface area contributed by atoms with Crippen molar-refractivity contribution in [3.05, 3.63) is 29.8 Å². The van der Waals surface area contributed by atoms with Gasteiger partial charge in [-0.1, -0.05) is 20.8 Å². The summed E-state index contributed by atoms with van der Waals surface area (Å²) in [6.07, 6.45) is 0. The maximum absolute atomic E-state index is 11.6. The van der Waals surface area contributed by atoms with Crippen LogP contribution in [-0.2, 0) is 9.16 Å². The number of esters is 1. The Hall–Kier alpha value is -1.33. The van der Waals surface area contributed by atoms with Crippen LogP contribution >= 0.6 is 0 Å². The molecule has 0 aliphatic heterocycles. The van der Waals surface area contributed by atoms with Gasteiger partial charge in [-0.15, -0.1) is 0 Å². The van der Waals surface area contributed by atoms with Gasteiger partial charge in [0.05, 0.1) is 18.8 Å². The number of hydrogen-bond donors (Lipinski definition) is 1. The van der Waals surface area contributed by atoms with Gasteiger partial charge in [0.25, 0.3) is 0 Å². The van der Waals surface area contributed by atoms with Crippen LogP contribution in [0.5, 0.6) is 0 Å². The van der Waals surface area contributed by atoms with Gasteiger partial charge in [0.1, 0.15) is 0 Å². The van der Waals surface area contributed by atoms with Crippen molar-refractivity contribution < 1.29 is 14.0 Å². The van der Waals surface area contributed by atoms with E-state index in [9.17, 15) is 4.79 Å². The Labute approximate surface area is 135 Å². The average molecular weight is 324 g/mol. The van der Waals surface area contributed by atoms with Gasteiger partial charge in [-0.25, -0.2) is 4.79 Å². The van der Waals surface area contributed by atoms with Crippen LogP contribution in [0.25, 0.3) is 0 Å². The Morgan fingerprint density at radius 2 is 1.77 bits per heavy atom. The van der Waals surface area contributed by atoms with Crippen LogP contribution in [0.15, 0.2) is 24.3 Å². The number of nitrogens with one attached hydrogen (secondary N) is 1. The predicted molar refractivity (Wildman–Crippen MR) is 94.0 cm³/mol.